The molecule has 0 heterocycles. The molecule has 13 heavy (non-hydrogen) atoms. The van der Waals surface area contributed by atoms with Crippen LogP contribution in [0.2, 0.25) is 0 Å². The fourth-order valence-electron chi connectivity index (χ4n) is 0.784. The van der Waals surface area contributed by atoms with Crippen molar-refractivity contribution in [3.8, 4) is 5.75 Å². The fraction of sp³-hybridized carbons (Fsp3) is 0. The number of nitro groups is 1. The van der Waals surface area contributed by atoms with E-state index in [4.69, 9.17) is 0 Å². The van der Waals surface area contributed by atoms with Crippen molar-refractivity contribution in [3.63, 3.8) is 0 Å². The van der Waals surface area contributed by atoms with Crippen LogP contribution in [-0.4, -0.2) is 11.1 Å². The molecule has 0 fully saturated rings. The maximum absolute atomic E-state index is 10.3. The molecule has 0 spiro atoms. The van der Waals surface area contributed by atoms with Crippen LogP contribution in [0, 0.1) is 10.1 Å². The molecule has 1 radical (unpaired) electrons. The van der Waals surface area contributed by atoms with E-state index in [0.29, 0.717) is 0 Å². The first-order chi connectivity index (χ1) is 6.11. The second-order valence-electron chi connectivity index (χ2n) is 2.08. The summed E-state index contributed by atoms with van der Waals surface area (Å²) in [7, 11) is 0. The van der Waals surface area contributed by atoms with Gasteiger partial charge in [-0.1, -0.05) is 12.1 Å². The van der Waals surface area contributed by atoms with Crippen molar-refractivity contribution in [2.75, 3.05) is 0 Å². The lowest BCUT2D eigenvalue weighted by molar-refractivity contribution is -0.385. The molecule has 0 saturated heterocycles. The van der Waals surface area contributed by atoms with Crippen LogP contribution in [0.4, 0.5) is 10.5 Å². The van der Waals surface area contributed by atoms with E-state index in [1.165, 1.54) is 18.2 Å². The molecule has 0 aromatic heterocycles. The number of benzene rings is 1. The van der Waals surface area contributed by atoms with E-state index in [0.717, 1.165) is 6.07 Å². The lowest BCUT2D eigenvalue weighted by Crippen LogP contribution is -2.03. The maximum Gasteiger partial charge on any atom is 0.555 e. The van der Waals surface area contributed by atoms with Gasteiger partial charge in [0.15, 0.2) is 0 Å². The molecular weight excluding hydrogens is 178 g/mol. The Balaban J connectivity index is 3.04. The van der Waals surface area contributed by atoms with Crippen LogP contribution in [0.15, 0.2) is 24.3 Å². The van der Waals surface area contributed by atoms with Gasteiger partial charge in [0.1, 0.15) is 0 Å². The average molecular weight is 182 g/mol. The number of nitro benzene ring substituents is 1. The number of para-hydroxylation sites is 2. The van der Waals surface area contributed by atoms with E-state index >= 15 is 0 Å². The third-order valence-electron chi connectivity index (χ3n) is 1.26. The van der Waals surface area contributed by atoms with Crippen LogP contribution in [0.5, 0.6) is 5.75 Å². The van der Waals surface area contributed by atoms with Crippen molar-refractivity contribution in [1.82, 2.24) is 0 Å². The summed E-state index contributed by atoms with van der Waals surface area (Å²) in [5.74, 6) is -0.340. The molecule has 0 unspecified atom stereocenters. The Hall–Kier alpha value is -2.11. The van der Waals surface area contributed by atoms with Gasteiger partial charge in [0.05, 0.1) is 4.92 Å². The molecule has 6 nitrogen and oxygen atoms in total. The van der Waals surface area contributed by atoms with Gasteiger partial charge >= 0.3 is 11.8 Å². The Bertz CT molecular complexity index is 348. The Morgan fingerprint density at radius 2 is 2.00 bits per heavy atom. The topological polar surface area (TPSA) is 89.3 Å². The van der Waals surface area contributed by atoms with Crippen molar-refractivity contribution in [1.29, 1.82) is 0 Å². The molecule has 67 valence electrons. The summed E-state index contributed by atoms with van der Waals surface area (Å²) in [5, 5.41) is 20.3. The van der Waals surface area contributed by atoms with Gasteiger partial charge in [-0.2, -0.15) is 9.90 Å². The summed E-state index contributed by atoms with van der Waals surface area (Å²) >= 11 is 0. The van der Waals surface area contributed by atoms with Crippen molar-refractivity contribution < 1.29 is 19.6 Å². The highest BCUT2D eigenvalue weighted by Gasteiger charge is 2.16. The normalized spacial score (nSPS) is 9.23. The zero-order valence-corrected chi connectivity index (χ0v) is 6.30. The molecule has 0 aliphatic carbocycles. The van der Waals surface area contributed by atoms with E-state index in [9.17, 15) is 20.0 Å². The highest BCUT2D eigenvalue weighted by molar-refractivity contribution is 5.63. The molecule has 1 aromatic carbocycles. The minimum atomic E-state index is -1.82. The Kier molecular flexibility index (Phi) is 2.44. The monoisotopic (exact) mass is 182 g/mol. The predicted molar refractivity (Wildman–Crippen MR) is 39.8 cm³/mol. The molecule has 0 atom stereocenters. The molecule has 0 aliphatic heterocycles. The van der Waals surface area contributed by atoms with Gasteiger partial charge in [0.25, 0.3) is 0 Å². The highest BCUT2D eigenvalue weighted by atomic mass is 16.7. The molecular formula is C7H4NO5. The number of ether oxygens (including phenoxy) is 1. The Labute approximate surface area is 72.5 Å². The quantitative estimate of drug-likeness (QED) is 0.300. The van der Waals surface area contributed by atoms with Crippen LogP contribution in [0.1, 0.15) is 0 Å². The molecule has 0 aliphatic rings. The van der Waals surface area contributed by atoms with Gasteiger partial charge in [-0.15, -0.1) is 0 Å². The van der Waals surface area contributed by atoms with Gasteiger partial charge in [-0.3, -0.25) is 10.1 Å². The summed E-state index contributed by atoms with van der Waals surface area (Å²) < 4.78 is 4.07. The molecule has 6 heteroatoms. The zero-order chi connectivity index (χ0) is 9.84. The summed E-state index contributed by atoms with van der Waals surface area (Å²) in [6.07, 6.45) is -1.82. The Morgan fingerprint density at radius 1 is 1.38 bits per heavy atom. The first kappa shape index (κ1) is 8.98. The molecule has 0 saturated carbocycles. The molecule has 0 bridgehead atoms. The van der Waals surface area contributed by atoms with Gasteiger partial charge in [0, 0.05) is 6.07 Å². The second kappa shape index (κ2) is 3.53. The lowest BCUT2D eigenvalue weighted by Gasteiger charge is -1.98. The van der Waals surface area contributed by atoms with Crippen LogP contribution in [-0.2, 0) is 5.11 Å². The van der Waals surface area contributed by atoms with E-state index < -0.39 is 16.8 Å². The van der Waals surface area contributed by atoms with Gasteiger partial charge in [-0.25, -0.2) is 0 Å². The number of hydrogen-bond donors (Lipinski definition) is 0. The molecule has 1 aromatic rings. The standard InChI is InChI=1S/C7H4NO5/c9-7(10)13-6-4-2-1-3-5(6)8(11)12/h1-4H. The van der Waals surface area contributed by atoms with Crippen molar-refractivity contribution in [2.24, 2.45) is 0 Å². The number of carbonyl (C=O) groups is 1. The second-order valence-corrected chi connectivity index (χ2v) is 2.08. The highest BCUT2D eigenvalue weighted by Crippen LogP contribution is 2.25. The molecule has 0 amide bonds. The first-order valence-electron chi connectivity index (χ1n) is 3.23. The van der Waals surface area contributed by atoms with Crippen molar-refractivity contribution >= 4 is 11.8 Å². The van der Waals surface area contributed by atoms with Crippen molar-refractivity contribution in [2.45, 2.75) is 0 Å². The van der Waals surface area contributed by atoms with Crippen LogP contribution >= 0.6 is 0 Å². The average Bonchev–Trinajstić information content (AvgIpc) is 2.03. The van der Waals surface area contributed by atoms with Crippen molar-refractivity contribution in [3.05, 3.63) is 34.4 Å². The summed E-state index contributed by atoms with van der Waals surface area (Å²) in [4.78, 5) is 19.6. The zero-order valence-electron chi connectivity index (χ0n) is 6.30. The molecule has 0 N–H and O–H groups in total. The largest absolute Gasteiger partial charge is 0.555 e. The smallest absolute Gasteiger partial charge is 0.385 e. The van der Waals surface area contributed by atoms with Gasteiger partial charge in [-0.05, 0) is 6.07 Å². The lowest BCUT2D eigenvalue weighted by atomic mass is 10.3. The fourth-order valence-corrected chi connectivity index (χ4v) is 0.784. The summed E-state index contributed by atoms with van der Waals surface area (Å²) in [6, 6.07) is 5.14. The number of hydrogen-bond acceptors (Lipinski definition) is 4. The van der Waals surface area contributed by atoms with Gasteiger partial charge < -0.3 is 4.74 Å². The third kappa shape index (κ3) is 2.16. The Morgan fingerprint density at radius 3 is 2.54 bits per heavy atom. The number of carbonyl (C=O) groups excluding carboxylic acids is 1. The minimum absolute atomic E-state index is 0.340. The summed E-state index contributed by atoms with van der Waals surface area (Å²) in [6.45, 7) is 0. The van der Waals surface area contributed by atoms with Crippen LogP contribution < -0.4 is 4.74 Å². The maximum atomic E-state index is 10.3. The molecule has 1 rings (SSSR count). The van der Waals surface area contributed by atoms with Crippen LogP contribution in [0.3, 0.4) is 0 Å². The minimum Gasteiger partial charge on any atom is -0.385 e. The summed E-state index contributed by atoms with van der Waals surface area (Å²) in [5.41, 5.74) is -0.410. The van der Waals surface area contributed by atoms with E-state index in [1.807, 2.05) is 0 Å². The van der Waals surface area contributed by atoms with E-state index in [2.05, 4.69) is 4.74 Å². The number of rotatable bonds is 2. The third-order valence-corrected chi connectivity index (χ3v) is 1.26. The van der Waals surface area contributed by atoms with E-state index in [1.54, 1.807) is 0 Å². The first-order valence-corrected chi connectivity index (χ1v) is 3.23. The van der Waals surface area contributed by atoms with Crippen LogP contribution in [0.25, 0.3) is 0 Å². The van der Waals surface area contributed by atoms with Gasteiger partial charge in [0.2, 0.25) is 5.75 Å². The SMILES string of the molecule is [O]C(=O)Oc1ccccc1[N+](=O)[O-]. The van der Waals surface area contributed by atoms with E-state index in [-0.39, 0.29) is 5.75 Å². The predicted octanol–water partition coefficient (Wildman–Crippen LogP) is 1.52. The number of nitrogens with zero attached hydrogens (tertiary/aromatic N) is 1.